The number of halogens is 2. The van der Waals surface area contributed by atoms with Gasteiger partial charge in [-0.2, -0.15) is 0 Å². The largest absolute Gasteiger partial charge is 0.354 e. The summed E-state index contributed by atoms with van der Waals surface area (Å²) < 4.78 is 13.3. The summed E-state index contributed by atoms with van der Waals surface area (Å²) in [5.74, 6) is -0.771. The summed E-state index contributed by atoms with van der Waals surface area (Å²) in [6, 6.07) is 22.1. The molecule has 33 heavy (non-hydrogen) atoms. The first kappa shape index (κ1) is 24.5. The number of nitrogens with one attached hydrogen (secondary N) is 1. The van der Waals surface area contributed by atoms with E-state index in [0.717, 1.165) is 17.5 Å². The smallest absolute Gasteiger partial charge is 0.243 e. The lowest BCUT2D eigenvalue weighted by molar-refractivity contribution is -0.140. The van der Waals surface area contributed by atoms with Crippen molar-refractivity contribution >= 4 is 23.4 Å². The third-order valence-corrected chi connectivity index (χ3v) is 5.57. The van der Waals surface area contributed by atoms with Gasteiger partial charge in [-0.05, 0) is 47.4 Å². The van der Waals surface area contributed by atoms with Crippen LogP contribution in [0, 0.1) is 5.82 Å². The van der Waals surface area contributed by atoms with Gasteiger partial charge in [-0.1, -0.05) is 73.1 Å². The fourth-order valence-electron chi connectivity index (χ4n) is 3.63. The van der Waals surface area contributed by atoms with Crippen molar-refractivity contribution in [1.29, 1.82) is 0 Å². The summed E-state index contributed by atoms with van der Waals surface area (Å²) in [5, 5.41) is 3.51. The number of carbonyl (C=O) groups is 2. The maximum Gasteiger partial charge on any atom is 0.243 e. The molecular formula is C27H28ClFN2O2. The minimum absolute atomic E-state index is 0.0627. The normalized spacial score (nSPS) is 11.6. The van der Waals surface area contributed by atoms with Crippen LogP contribution >= 0.6 is 11.6 Å². The molecule has 4 nitrogen and oxygen atoms in total. The highest BCUT2D eigenvalue weighted by Gasteiger charge is 2.30. The molecule has 172 valence electrons. The number of hydrogen-bond acceptors (Lipinski definition) is 2. The first-order valence-electron chi connectivity index (χ1n) is 11.1. The van der Waals surface area contributed by atoms with Crippen LogP contribution in [0.5, 0.6) is 0 Å². The first-order valence-corrected chi connectivity index (χ1v) is 11.4. The van der Waals surface area contributed by atoms with Crippen LogP contribution in [0.1, 0.15) is 30.0 Å². The number of rotatable bonds is 10. The Morgan fingerprint density at radius 3 is 2.30 bits per heavy atom. The topological polar surface area (TPSA) is 49.4 Å². The van der Waals surface area contributed by atoms with Gasteiger partial charge >= 0.3 is 0 Å². The van der Waals surface area contributed by atoms with Gasteiger partial charge in [-0.15, -0.1) is 0 Å². The zero-order chi connectivity index (χ0) is 23.6. The summed E-state index contributed by atoms with van der Waals surface area (Å²) in [5.41, 5.74) is 2.47. The van der Waals surface area contributed by atoms with E-state index >= 15 is 0 Å². The Morgan fingerprint density at radius 2 is 1.64 bits per heavy atom. The molecular weight excluding hydrogens is 439 g/mol. The SMILES string of the molecule is CCCNC(=O)C(Cc1ccccc1)N(Cc1cccc(Cl)c1)C(=O)Cc1ccc(F)cc1. The van der Waals surface area contributed by atoms with E-state index in [1.165, 1.54) is 12.1 Å². The molecule has 0 fully saturated rings. The highest BCUT2D eigenvalue weighted by Crippen LogP contribution is 2.19. The van der Waals surface area contributed by atoms with Gasteiger partial charge < -0.3 is 10.2 Å². The summed E-state index contributed by atoms with van der Waals surface area (Å²) in [6.45, 7) is 2.74. The molecule has 0 heterocycles. The molecule has 0 aromatic heterocycles. The molecule has 0 saturated carbocycles. The van der Waals surface area contributed by atoms with Crippen molar-refractivity contribution in [1.82, 2.24) is 10.2 Å². The number of amides is 2. The van der Waals surface area contributed by atoms with Crippen molar-refractivity contribution in [3.8, 4) is 0 Å². The molecule has 3 aromatic rings. The minimum Gasteiger partial charge on any atom is -0.354 e. The zero-order valence-electron chi connectivity index (χ0n) is 18.6. The van der Waals surface area contributed by atoms with Gasteiger partial charge in [-0.3, -0.25) is 9.59 Å². The number of nitrogens with zero attached hydrogens (tertiary/aromatic N) is 1. The van der Waals surface area contributed by atoms with Gasteiger partial charge in [0.1, 0.15) is 11.9 Å². The lowest BCUT2D eigenvalue weighted by Gasteiger charge is -2.31. The lowest BCUT2D eigenvalue weighted by Crippen LogP contribution is -2.51. The van der Waals surface area contributed by atoms with Crippen LogP contribution in [0.25, 0.3) is 0 Å². The minimum atomic E-state index is -0.703. The standard InChI is InChI=1S/C27H28ClFN2O2/c1-2-15-30-27(33)25(17-20-7-4-3-5-8-20)31(19-22-9-6-10-23(28)16-22)26(32)18-21-11-13-24(29)14-12-21/h3-14,16,25H,2,15,17-19H2,1H3,(H,30,33). The molecule has 1 unspecified atom stereocenters. The van der Waals surface area contributed by atoms with Crippen molar-refractivity contribution in [3.05, 3.63) is 106 Å². The molecule has 3 rings (SSSR count). The molecule has 0 spiro atoms. The predicted octanol–water partition coefficient (Wildman–Crippen LogP) is 5.19. The summed E-state index contributed by atoms with van der Waals surface area (Å²) in [6.07, 6.45) is 1.24. The van der Waals surface area contributed by atoms with Crippen molar-refractivity contribution in [2.24, 2.45) is 0 Å². The Hall–Kier alpha value is -3.18. The second-order valence-electron chi connectivity index (χ2n) is 7.95. The van der Waals surface area contributed by atoms with Crippen molar-refractivity contribution in [3.63, 3.8) is 0 Å². The van der Waals surface area contributed by atoms with Crippen LogP contribution in [0.4, 0.5) is 4.39 Å². The Labute approximate surface area is 199 Å². The summed E-state index contributed by atoms with van der Waals surface area (Å²) in [4.78, 5) is 28.3. The maximum atomic E-state index is 13.5. The second-order valence-corrected chi connectivity index (χ2v) is 8.39. The average molecular weight is 467 g/mol. The van der Waals surface area contributed by atoms with E-state index in [-0.39, 0.29) is 30.6 Å². The molecule has 0 bridgehead atoms. The summed E-state index contributed by atoms with van der Waals surface area (Å²) in [7, 11) is 0. The van der Waals surface area contributed by atoms with Crippen molar-refractivity contribution in [2.45, 2.75) is 38.8 Å². The molecule has 0 aliphatic carbocycles. The Morgan fingerprint density at radius 1 is 0.939 bits per heavy atom. The highest BCUT2D eigenvalue weighted by atomic mass is 35.5. The second kappa shape index (κ2) is 12.2. The van der Waals surface area contributed by atoms with Gasteiger partial charge in [0.25, 0.3) is 0 Å². The molecule has 3 aromatic carbocycles. The lowest BCUT2D eigenvalue weighted by atomic mass is 10.0. The van der Waals surface area contributed by atoms with Gasteiger partial charge in [0.05, 0.1) is 6.42 Å². The van der Waals surface area contributed by atoms with Gasteiger partial charge in [0.2, 0.25) is 11.8 Å². The van der Waals surface area contributed by atoms with E-state index in [9.17, 15) is 14.0 Å². The average Bonchev–Trinajstić information content (AvgIpc) is 2.82. The number of carbonyl (C=O) groups excluding carboxylic acids is 2. The van der Waals surface area contributed by atoms with Crippen LogP contribution in [0.15, 0.2) is 78.9 Å². The molecule has 0 radical (unpaired) electrons. The molecule has 0 aliphatic heterocycles. The van der Waals surface area contributed by atoms with E-state index in [2.05, 4.69) is 5.32 Å². The Bertz CT molecular complexity index is 1060. The fourth-order valence-corrected chi connectivity index (χ4v) is 3.84. The van der Waals surface area contributed by atoms with Crippen LogP contribution in [0.2, 0.25) is 5.02 Å². The number of hydrogen-bond donors (Lipinski definition) is 1. The fraction of sp³-hybridized carbons (Fsp3) is 0.259. The Balaban J connectivity index is 1.94. The van der Waals surface area contributed by atoms with E-state index < -0.39 is 6.04 Å². The van der Waals surface area contributed by atoms with Crippen molar-refractivity contribution in [2.75, 3.05) is 6.54 Å². The molecule has 0 saturated heterocycles. The molecule has 2 amide bonds. The quantitative estimate of drug-likeness (QED) is 0.447. The number of benzene rings is 3. The molecule has 6 heteroatoms. The van der Waals surface area contributed by atoms with E-state index in [4.69, 9.17) is 11.6 Å². The molecule has 0 aliphatic rings. The Kier molecular flexibility index (Phi) is 9.02. The predicted molar refractivity (Wildman–Crippen MR) is 129 cm³/mol. The van der Waals surface area contributed by atoms with E-state index in [1.807, 2.05) is 49.4 Å². The monoisotopic (exact) mass is 466 g/mol. The van der Waals surface area contributed by atoms with Crippen LogP contribution in [-0.2, 0) is 29.0 Å². The van der Waals surface area contributed by atoms with Crippen LogP contribution < -0.4 is 5.32 Å². The van der Waals surface area contributed by atoms with Gasteiger partial charge in [0.15, 0.2) is 0 Å². The third-order valence-electron chi connectivity index (χ3n) is 5.33. The van der Waals surface area contributed by atoms with Crippen LogP contribution in [-0.4, -0.2) is 29.3 Å². The maximum absolute atomic E-state index is 13.5. The van der Waals surface area contributed by atoms with Crippen molar-refractivity contribution < 1.29 is 14.0 Å². The summed E-state index contributed by atoms with van der Waals surface area (Å²) >= 11 is 6.17. The van der Waals surface area contributed by atoms with Crippen LogP contribution in [0.3, 0.4) is 0 Å². The zero-order valence-corrected chi connectivity index (χ0v) is 19.4. The van der Waals surface area contributed by atoms with Gasteiger partial charge in [-0.25, -0.2) is 4.39 Å². The molecule has 1 N–H and O–H groups in total. The molecule has 1 atom stereocenters. The van der Waals surface area contributed by atoms with E-state index in [0.29, 0.717) is 23.6 Å². The van der Waals surface area contributed by atoms with Gasteiger partial charge in [0, 0.05) is 24.5 Å². The van der Waals surface area contributed by atoms with E-state index in [1.54, 1.807) is 29.2 Å². The first-order chi connectivity index (χ1) is 16.0. The third kappa shape index (κ3) is 7.43. The highest BCUT2D eigenvalue weighted by molar-refractivity contribution is 6.30.